The Hall–Kier alpha value is -1.77. The molecule has 0 unspecified atom stereocenters. The van der Waals surface area contributed by atoms with Gasteiger partial charge < -0.3 is 9.88 Å². The van der Waals surface area contributed by atoms with Crippen molar-refractivity contribution in [3.05, 3.63) is 36.8 Å². The first-order chi connectivity index (χ1) is 8.93. The van der Waals surface area contributed by atoms with E-state index in [-0.39, 0.29) is 0 Å². The Balaban J connectivity index is 1.92. The molecule has 1 N–H and O–H groups in total. The smallest absolute Gasteiger partial charge is 0.0954 e. The van der Waals surface area contributed by atoms with Gasteiger partial charge in [0.1, 0.15) is 0 Å². The van der Waals surface area contributed by atoms with Crippen LogP contribution < -0.4 is 5.32 Å². The highest BCUT2D eigenvalue weighted by Crippen LogP contribution is 2.40. The van der Waals surface area contributed by atoms with Crippen molar-refractivity contribution in [1.29, 1.82) is 0 Å². The molecule has 0 amide bonds. The van der Waals surface area contributed by atoms with Crippen LogP contribution in [0, 0.1) is 0 Å². The highest BCUT2D eigenvalue weighted by atomic mass is 15.1. The van der Waals surface area contributed by atoms with Crippen molar-refractivity contribution in [3.63, 3.8) is 0 Å². The number of hydrogen-bond donors (Lipinski definition) is 1. The van der Waals surface area contributed by atoms with Gasteiger partial charge in [-0.15, -0.1) is 0 Å². The molecule has 1 fully saturated rings. The molecular weight excluding hydrogens is 222 g/mol. The monoisotopic (exact) mass is 239 g/mol. The number of anilines is 1. The Morgan fingerprint density at radius 3 is 3.06 bits per heavy atom. The van der Waals surface area contributed by atoms with Crippen molar-refractivity contribution in [1.82, 2.24) is 9.55 Å². The predicted molar refractivity (Wildman–Crippen MR) is 72.6 cm³/mol. The maximum atomic E-state index is 4.37. The van der Waals surface area contributed by atoms with Gasteiger partial charge in [0.05, 0.1) is 24.3 Å². The Morgan fingerprint density at radius 1 is 1.17 bits per heavy atom. The molecule has 1 saturated carbocycles. The van der Waals surface area contributed by atoms with Gasteiger partial charge in [-0.25, -0.2) is 4.98 Å². The van der Waals surface area contributed by atoms with Crippen LogP contribution >= 0.6 is 0 Å². The molecule has 2 aromatic rings. The third-order valence-corrected chi connectivity index (χ3v) is 4.30. The topological polar surface area (TPSA) is 29.9 Å². The van der Waals surface area contributed by atoms with E-state index in [1.54, 1.807) is 0 Å². The van der Waals surface area contributed by atoms with Gasteiger partial charge in [-0.3, -0.25) is 0 Å². The molecule has 1 aromatic heterocycles. The van der Waals surface area contributed by atoms with E-state index in [2.05, 4.69) is 39.1 Å². The molecule has 1 aliphatic carbocycles. The van der Waals surface area contributed by atoms with Crippen LogP contribution in [0.4, 0.5) is 5.69 Å². The fourth-order valence-electron chi connectivity index (χ4n) is 3.42. The number of nitrogens with one attached hydrogen (secondary N) is 1. The predicted octanol–water partition coefficient (Wildman–Crippen LogP) is 3.46. The average Bonchev–Trinajstić information content (AvgIpc) is 2.84. The molecule has 92 valence electrons. The van der Waals surface area contributed by atoms with Gasteiger partial charge in [-0.2, -0.15) is 0 Å². The summed E-state index contributed by atoms with van der Waals surface area (Å²) < 4.78 is 2.38. The first-order valence-corrected chi connectivity index (χ1v) is 6.81. The van der Waals surface area contributed by atoms with E-state index in [1.807, 2.05) is 12.5 Å². The molecule has 2 atom stereocenters. The number of hydrogen-bond acceptors (Lipinski definition) is 2. The van der Waals surface area contributed by atoms with E-state index < -0.39 is 0 Å². The summed E-state index contributed by atoms with van der Waals surface area (Å²) in [5.74, 6) is 0. The molecule has 3 nitrogen and oxygen atoms in total. The van der Waals surface area contributed by atoms with Crippen LogP contribution in [0.25, 0.3) is 11.3 Å². The summed E-state index contributed by atoms with van der Waals surface area (Å²) in [6.07, 6.45) is 9.18. The first kappa shape index (κ1) is 10.2. The summed E-state index contributed by atoms with van der Waals surface area (Å²) in [7, 11) is 0. The van der Waals surface area contributed by atoms with Crippen LogP contribution in [0.2, 0.25) is 0 Å². The average molecular weight is 239 g/mol. The maximum Gasteiger partial charge on any atom is 0.0954 e. The molecule has 0 radical (unpaired) electrons. The Labute approximate surface area is 107 Å². The fraction of sp³-hybridized carbons (Fsp3) is 0.400. The highest BCUT2D eigenvalue weighted by molar-refractivity contribution is 5.76. The van der Waals surface area contributed by atoms with Crippen LogP contribution in [0.3, 0.4) is 0 Å². The SMILES string of the molecule is c1ccc2c(c1)N[C@@H]1CCCC[C@H]1n1cncc1-2. The second-order valence-corrected chi connectivity index (χ2v) is 5.33. The van der Waals surface area contributed by atoms with Crippen LogP contribution in [-0.4, -0.2) is 15.6 Å². The zero-order valence-electron chi connectivity index (χ0n) is 10.3. The Bertz CT molecular complexity index is 573. The van der Waals surface area contributed by atoms with Gasteiger partial charge in [0.25, 0.3) is 0 Å². The van der Waals surface area contributed by atoms with Gasteiger partial charge in [-0.1, -0.05) is 31.0 Å². The summed E-state index contributed by atoms with van der Waals surface area (Å²) in [5.41, 5.74) is 3.80. The van der Waals surface area contributed by atoms with Gasteiger partial charge in [-0.05, 0) is 18.9 Å². The van der Waals surface area contributed by atoms with E-state index in [1.165, 1.54) is 42.6 Å². The molecule has 1 aromatic carbocycles. The lowest BCUT2D eigenvalue weighted by molar-refractivity contribution is 0.327. The molecule has 2 aliphatic rings. The van der Waals surface area contributed by atoms with Gasteiger partial charge in [0.15, 0.2) is 0 Å². The molecule has 0 spiro atoms. The van der Waals surface area contributed by atoms with E-state index in [4.69, 9.17) is 0 Å². The Kier molecular flexibility index (Phi) is 2.19. The summed E-state index contributed by atoms with van der Waals surface area (Å²) >= 11 is 0. The largest absolute Gasteiger partial charge is 0.380 e. The van der Waals surface area contributed by atoms with Crippen LogP contribution in [-0.2, 0) is 0 Å². The van der Waals surface area contributed by atoms with E-state index in [9.17, 15) is 0 Å². The van der Waals surface area contributed by atoms with Crippen molar-refractivity contribution < 1.29 is 0 Å². The van der Waals surface area contributed by atoms with E-state index in [0.717, 1.165) is 0 Å². The minimum atomic E-state index is 0.551. The second-order valence-electron chi connectivity index (χ2n) is 5.33. The standard InChI is InChI=1S/C15H17N3/c1-2-6-12-11(5-1)15-9-16-10-18(15)14-8-4-3-7-13(14)17-12/h1-2,5-6,9-10,13-14,17H,3-4,7-8H2/t13-,14-/m1/s1. The number of benzene rings is 1. The molecule has 0 saturated heterocycles. The van der Waals surface area contributed by atoms with E-state index in [0.29, 0.717) is 12.1 Å². The van der Waals surface area contributed by atoms with Crippen LogP contribution in [0.15, 0.2) is 36.8 Å². The minimum absolute atomic E-state index is 0.551. The zero-order chi connectivity index (χ0) is 11.9. The van der Waals surface area contributed by atoms with Crippen molar-refractivity contribution in [3.8, 4) is 11.3 Å². The molecule has 3 heteroatoms. The van der Waals surface area contributed by atoms with Crippen LogP contribution in [0.1, 0.15) is 31.7 Å². The molecule has 4 rings (SSSR count). The third kappa shape index (κ3) is 1.40. The number of nitrogens with zero attached hydrogens (tertiary/aromatic N) is 2. The summed E-state index contributed by atoms with van der Waals surface area (Å²) in [4.78, 5) is 4.37. The van der Waals surface area contributed by atoms with Crippen molar-refractivity contribution in [2.75, 3.05) is 5.32 Å². The highest BCUT2D eigenvalue weighted by Gasteiger charge is 2.31. The van der Waals surface area contributed by atoms with E-state index >= 15 is 0 Å². The summed E-state index contributed by atoms with van der Waals surface area (Å²) in [6.45, 7) is 0. The van der Waals surface area contributed by atoms with Crippen LogP contribution in [0.5, 0.6) is 0 Å². The van der Waals surface area contributed by atoms with Crippen molar-refractivity contribution in [2.45, 2.75) is 37.8 Å². The van der Waals surface area contributed by atoms with Gasteiger partial charge in [0, 0.05) is 17.3 Å². The van der Waals surface area contributed by atoms with Crippen molar-refractivity contribution in [2.24, 2.45) is 0 Å². The third-order valence-electron chi connectivity index (χ3n) is 4.30. The number of fused-ring (bicyclic) bond motifs is 5. The maximum absolute atomic E-state index is 4.37. The quantitative estimate of drug-likeness (QED) is 0.763. The lowest BCUT2D eigenvalue weighted by atomic mass is 9.90. The summed E-state index contributed by atoms with van der Waals surface area (Å²) in [6, 6.07) is 9.69. The zero-order valence-corrected chi connectivity index (χ0v) is 10.3. The Morgan fingerprint density at radius 2 is 2.06 bits per heavy atom. The molecule has 0 bridgehead atoms. The minimum Gasteiger partial charge on any atom is -0.380 e. The summed E-state index contributed by atoms with van der Waals surface area (Å²) in [5, 5.41) is 3.75. The lowest BCUT2D eigenvalue weighted by Gasteiger charge is -2.32. The number of aromatic nitrogens is 2. The van der Waals surface area contributed by atoms with Gasteiger partial charge >= 0.3 is 0 Å². The fourth-order valence-corrected chi connectivity index (χ4v) is 3.42. The molecule has 2 heterocycles. The van der Waals surface area contributed by atoms with Crippen molar-refractivity contribution >= 4 is 5.69 Å². The first-order valence-electron chi connectivity index (χ1n) is 6.81. The number of imidazole rings is 1. The van der Waals surface area contributed by atoms with Gasteiger partial charge in [0.2, 0.25) is 0 Å². The lowest BCUT2D eigenvalue weighted by Crippen LogP contribution is -2.32. The molecule has 1 aliphatic heterocycles. The number of rotatable bonds is 0. The molecular formula is C15H17N3. The number of para-hydroxylation sites is 1. The molecule has 18 heavy (non-hydrogen) atoms. The second kappa shape index (κ2) is 3.87. The normalized spacial score (nSPS) is 25.3.